The molecule has 76 heavy (non-hydrogen) atoms. The zero-order valence-electron chi connectivity index (χ0n) is 45.8. The van der Waals surface area contributed by atoms with Crippen molar-refractivity contribution in [3.63, 3.8) is 0 Å². The Morgan fingerprint density at radius 2 is 1.47 bits per heavy atom. The molecule has 2 aliphatic rings. The maximum Gasteiger partial charge on any atom is 0.331 e. The Balaban J connectivity index is 1.82. The summed E-state index contributed by atoms with van der Waals surface area (Å²) in [4.78, 5) is 114. The fourth-order valence-corrected chi connectivity index (χ4v) is 8.93. The summed E-state index contributed by atoms with van der Waals surface area (Å²) in [5.74, 6) is -9.05. The first-order chi connectivity index (χ1) is 35.6. The van der Waals surface area contributed by atoms with Crippen molar-refractivity contribution in [2.24, 2.45) is 17.8 Å². The molecular weight excluding hydrogens is 1000 g/mol. The molecular formula is C54H80N6O15Si. The van der Waals surface area contributed by atoms with Crippen molar-refractivity contribution >= 4 is 55.5 Å². The molecule has 0 bridgehead atoms. The lowest BCUT2D eigenvalue weighted by Crippen LogP contribution is -2.61. The highest BCUT2D eigenvalue weighted by molar-refractivity contribution is 6.76. The number of benzene rings is 2. The lowest BCUT2D eigenvalue weighted by atomic mass is 9.93. The topological polar surface area (TPSA) is 301 Å². The van der Waals surface area contributed by atoms with Crippen LogP contribution >= 0.6 is 0 Å². The van der Waals surface area contributed by atoms with Crippen LogP contribution in [0, 0.1) is 17.8 Å². The van der Waals surface area contributed by atoms with Crippen molar-refractivity contribution in [3.8, 4) is 5.75 Å². The minimum Gasteiger partial charge on any atom is -0.487 e. The van der Waals surface area contributed by atoms with E-state index in [2.05, 4.69) is 46.2 Å². The number of aliphatic hydroxyl groups is 3. The number of carbonyl (C=O) groups is 8. The van der Waals surface area contributed by atoms with E-state index in [-0.39, 0.29) is 24.5 Å². The number of likely N-dealkylation sites (N-methyl/N-ethyl adjacent to an activating group) is 1. The summed E-state index contributed by atoms with van der Waals surface area (Å²) in [6.07, 6.45) is -1.82. The monoisotopic (exact) mass is 1080 g/mol. The van der Waals surface area contributed by atoms with Gasteiger partial charge in [0.1, 0.15) is 53.8 Å². The first-order valence-electron chi connectivity index (χ1n) is 25.9. The van der Waals surface area contributed by atoms with Crippen LogP contribution in [0.4, 0.5) is 0 Å². The van der Waals surface area contributed by atoms with Crippen molar-refractivity contribution in [3.05, 3.63) is 77.9 Å². The number of amides is 6. The molecule has 21 nitrogen and oxygen atoms in total. The van der Waals surface area contributed by atoms with E-state index in [4.69, 9.17) is 18.9 Å². The van der Waals surface area contributed by atoms with Crippen LogP contribution in [0.1, 0.15) is 79.0 Å². The molecule has 2 fully saturated rings. The molecule has 2 aromatic carbocycles. The number of epoxide rings is 1. The zero-order chi connectivity index (χ0) is 56.8. The lowest BCUT2D eigenvalue weighted by Gasteiger charge is -2.34. The van der Waals surface area contributed by atoms with Crippen LogP contribution in [-0.2, 0) is 59.0 Å². The van der Waals surface area contributed by atoms with E-state index >= 15 is 4.79 Å². The fourth-order valence-electron chi connectivity index (χ4n) is 8.21. The van der Waals surface area contributed by atoms with Crippen LogP contribution < -0.4 is 31.3 Å². The largest absolute Gasteiger partial charge is 0.487 e. The normalized spacial score (nSPS) is 26.5. The highest BCUT2D eigenvalue weighted by Crippen LogP contribution is 2.35. The van der Waals surface area contributed by atoms with Gasteiger partial charge in [-0.15, -0.1) is 0 Å². The van der Waals surface area contributed by atoms with Gasteiger partial charge in [-0.25, -0.2) is 9.59 Å². The maximum atomic E-state index is 15.2. The van der Waals surface area contributed by atoms with Gasteiger partial charge in [0.25, 0.3) is 0 Å². The number of rotatable bonds is 19. The Morgan fingerprint density at radius 3 is 2.03 bits per heavy atom. The van der Waals surface area contributed by atoms with Crippen LogP contribution in [0.25, 0.3) is 0 Å². The summed E-state index contributed by atoms with van der Waals surface area (Å²) in [6.45, 7) is 18.6. The third-order valence-corrected chi connectivity index (χ3v) is 15.5. The predicted molar refractivity (Wildman–Crippen MR) is 283 cm³/mol. The molecule has 2 aliphatic heterocycles. The van der Waals surface area contributed by atoms with E-state index in [1.165, 1.54) is 46.0 Å². The highest BCUT2D eigenvalue weighted by atomic mass is 28.3. The van der Waals surface area contributed by atoms with Crippen molar-refractivity contribution in [2.75, 3.05) is 26.9 Å². The first-order valence-corrected chi connectivity index (χ1v) is 29.6. The molecule has 2 heterocycles. The Hall–Kier alpha value is -6.20. The van der Waals surface area contributed by atoms with Crippen LogP contribution in [0.5, 0.6) is 5.75 Å². The zero-order valence-corrected chi connectivity index (χ0v) is 46.8. The van der Waals surface area contributed by atoms with E-state index in [1.54, 1.807) is 83.2 Å². The molecule has 0 saturated carbocycles. The Kier molecular flexibility index (Phi) is 22.7. The highest BCUT2D eigenvalue weighted by Gasteiger charge is 2.49. The number of hydrogen-bond acceptors (Lipinski definition) is 15. The Bertz CT molecular complexity index is 2360. The molecule has 6 amide bonds. The Labute approximate surface area is 446 Å². The molecule has 13 atom stereocenters. The molecule has 0 aromatic heterocycles. The van der Waals surface area contributed by atoms with Crippen molar-refractivity contribution < 1.29 is 72.6 Å². The van der Waals surface area contributed by atoms with E-state index < -0.39 is 140 Å². The SMILES string of the molecule is CC[C@H](C)[C@H]1NC(=O)[C@@H](NC(=O)[C@H](C)[C@H](O)C(C)C)[C@@H](C)OC(=O)[C@H](CO)NC(=O)[C@@H]([C@@H](C)O)NC(=O)[C@H](Cc2ccccc2)N(C)C(=O)[C@H](c2ccc(O[C@H](C)[C@]3(/C=C/C(=O)OCC[Si](C)(C)C)CO3)cc2)NC1=O. The number of esters is 2. The average molecular weight is 1080 g/mol. The van der Waals surface area contributed by atoms with Crippen molar-refractivity contribution in [1.82, 2.24) is 31.5 Å². The van der Waals surface area contributed by atoms with Crippen LogP contribution in [0.15, 0.2) is 66.7 Å². The second-order valence-corrected chi connectivity index (χ2v) is 27.1. The fraction of sp³-hybridized carbons (Fsp3) is 0.593. The van der Waals surface area contributed by atoms with E-state index in [0.717, 1.165) is 10.9 Å². The van der Waals surface area contributed by atoms with Gasteiger partial charge >= 0.3 is 11.9 Å². The van der Waals surface area contributed by atoms with E-state index in [0.29, 0.717) is 24.3 Å². The second kappa shape index (κ2) is 27.7. The minimum absolute atomic E-state index is 0.127. The standard InChI is InChI=1S/C54H80N6O15Si/c1-13-31(4)42-49(67)59-45(37-19-21-38(22-20-37)75-35(8)54(29-73-54)24-23-41(63)72-25-26-76(10,11)12)52(70)60(9)40(27-36-17-15-14-16-18-36)48(66)57-43(33(6)62)50(68)55-39(28-61)53(71)74-34(7)44(51(69)56-42)58-47(65)32(5)46(64)30(2)3/h14-24,30-35,39-40,42-46,61-62,64H,13,25-29H2,1-12H3,(H,55,68)(H,56,69)(H,57,66)(H,58,65)(H,59,67)/b24-23+/t31-,32+,33+,34+,35+,39-,40-,42+,43+,44-,45-,46+,54-/m0/s1. The summed E-state index contributed by atoms with van der Waals surface area (Å²) in [7, 11) is -0.0896. The quantitative estimate of drug-likeness (QED) is 0.0431. The van der Waals surface area contributed by atoms with Gasteiger partial charge in [0.05, 0.1) is 37.9 Å². The second-order valence-electron chi connectivity index (χ2n) is 21.5. The van der Waals surface area contributed by atoms with Gasteiger partial charge in [0.15, 0.2) is 6.04 Å². The number of carbonyl (C=O) groups excluding carboxylic acids is 8. The van der Waals surface area contributed by atoms with Gasteiger partial charge in [-0.05, 0) is 68.0 Å². The molecule has 2 saturated heterocycles. The predicted octanol–water partition coefficient (Wildman–Crippen LogP) is 1.84. The van der Waals surface area contributed by atoms with Gasteiger partial charge in [0, 0.05) is 27.6 Å². The number of nitrogens with zero attached hydrogens (tertiary/aromatic N) is 1. The van der Waals surface area contributed by atoms with Crippen molar-refractivity contribution in [2.45, 2.75) is 160 Å². The van der Waals surface area contributed by atoms with Gasteiger partial charge in [-0.3, -0.25) is 28.8 Å². The van der Waals surface area contributed by atoms with Crippen LogP contribution in [0.3, 0.4) is 0 Å². The molecule has 0 aliphatic carbocycles. The summed E-state index contributed by atoms with van der Waals surface area (Å²) >= 11 is 0. The molecule has 4 rings (SSSR count). The molecule has 420 valence electrons. The summed E-state index contributed by atoms with van der Waals surface area (Å²) in [5, 5.41) is 44.8. The lowest BCUT2D eigenvalue weighted by molar-refractivity contribution is -0.157. The molecule has 8 N–H and O–H groups in total. The summed E-state index contributed by atoms with van der Waals surface area (Å²) in [5.41, 5.74) is -0.120. The first kappa shape index (κ1) is 62.3. The molecule has 2 aromatic rings. The number of hydrogen-bond donors (Lipinski definition) is 8. The van der Waals surface area contributed by atoms with E-state index in [9.17, 15) is 48.9 Å². The number of nitrogens with one attached hydrogen (secondary N) is 5. The Morgan fingerprint density at radius 1 is 0.868 bits per heavy atom. The van der Waals surface area contributed by atoms with Crippen LogP contribution in [0.2, 0.25) is 25.7 Å². The molecule has 0 radical (unpaired) electrons. The number of ether oxygens (including phenoxy) is 4. The summed E-state index contributed by atoms with van der Waals surface area (Å²) < 4.78 is 23.0. The van der Waals surface area contributed by atoms with Crippen LogP contribution in [-0.4, -0.2) is 163 Å². The average Bonchev–Trinajstić information content (AvgIpc) is 4.18. The van der Waals surface area contributed by atoms with Gasteiger partial charge < -0.3 is 65.8 Å². The third kappa shape index (κ3) is 17.4. The summed E-state index contributed by atoms with van der Waals surface area (Å²) in [6, 6.07) is 5.91. The van der Waals surface area contributed by atoms with E-state index in [1.807, 2.05) is 0 Å². The van der Waals surface area contributed by atoms with Gasteiger partial charge in [-0.2, -0.15) is 0 Å². The smallest absolute Gasteiger partial charge is 0.331 e. The van der Waals surface area contributed by atoms with Crippen molar-refractivity contribution in [1.29, 1.82) is 0 Å². The third-order valence-electron chi connectivity index (χ3n) is 13.8. The molecule has 0 spiro atoms. The molecule has 0 unspecified atom stereocenters. The minimum atomic E-state index is -1.82. The number of cyclic esters (lactones) is 1. The maximum absolute atomic E-state index is 15.2. The molecule has 22 heteroatoms. The van der Waals surface area contributed by atoms with Gasteiger partial charge in [0.2, 0.25) is 35.4 Å². The van der Waals surface area contributed by atoms with Gasteiger partial charge in [-0.1, -0.05) is 103 Å². The number of aliphatic hydroxyl groups excluding tert-OH is 3.